The molecular formula is C15H19N3O. The first kappa shape index (κ1) is 13.2. The third-order valence-electron chi connectivity index (χ3n) is 3.23. The van der Waals surface area contributed by atoms with Crippen LogP contribution in [0.3, 0.4) is 0 Å². The molecule has 0 bridgehead atoms. The van der Waals surface area contributed by atoms with Crippen molar-refractivity contribution in [3.05, 3.63) is 53.1 Å². The lowest BCUT2D eigenvalue weighted by atomic mass is 9.95. The summed E-state index contributed by atoms with van der Waals surface area (Å²) in [5, 5.41) is 9.15. The van der Waals surface area contributed by atoms with Crippen LogP contribution in [0.15, 0.2) is 36.4 Å². The summed E-state index contributed by atoms with van der Waals surface area (Å²) in [6, 6.07) is 11.3. The molecule has 0 aromatic heterocycles. The standard InChI is InChI=1S/C15H19N3O/c16-11-3-1-10(2-4-11)9-13-12(7-8-19)14(17)5-6-15(13)18/h1-6,19H,7-9,16-18H2. The number of hydrogen-bond acceptors (Lipinski definition) is 4. The van der Waals surface area contributed by atoms with Crippen LogP contribution in [0.25, 0.3) is 0 Å². The summed E-state index contributed by atoms with van der Waals surface area (Å²) in [5.74, 6) is 0. The third kappa shape index (κ3) is 2.98. The van der Waals surface area contributed by atoms with Gasteiger partial charge in [0.1, 0.15) is 0 Å². The highest BCUT2D eigenvalue weighted by atomic mass is 16.2. The van der Waals surface area contributed by atoms with E-state index in [1.54, 1.807) is 6.07 Å². The van der Waals surface area contributed by atoms with Crippen molar-refractivity contribution in [3.63, 3.8) is 0 Å². The minimum Gasteiger partial charge on any atom is -0.399 e. The molecule has 7 N–H and O–H groups in total. The van der Waals surface area contributed by atoms with Gasteiger partial charge in [-0.25, -0.2) is 0 Å². The fraction of sp³-hybridized carbons (Fsp3) is 0.200. The van der Waals surface area contributed by atoms with Crippen molar-refractivity contribution >= 4 is 17.1 Å². The fourth-order valence-electron chi connectivity index (χ4n) is 2.18. The van der Waals surface area contributed by atoms with Crippen molar-refractivity contribution in [2.24, 2.45) is 0 Å². The molecule has 0 amide bonds. The molecule has 0 aliphatic heterocycles. The van der Waals surface area contributed by atoms with Crippen LogP contribution in [-0.4, -0.2) is 11.7 Å². The summed E-state index contributed by atoms with van der Waals surface area (Å²) >= 11 is 0. The van der Waals surface area contributed by atoms with Gasteiger partial charge in [-0.1, -0.05) is 12.1 Å². The molecule has 4 nitrogen and oxygen atoms in total. The van der Waals surface area contributed by atoms with Gasteiger partial charge in [0.25, 0.3) is 0 Å². The van der Waals surface area contributed by atoms with Gasteiger partial charge in [-0.2, -0.15) is 0 Å². The van der Waals surface area contributed by atoms with Gasteiger partial charge < -0.3 is 22.3 Å². The maximum atomic E-state index is 9.15. The second kappa shape index (κ2) is 5.63. The maximum absolute atomic E-state index is 9.15. The zero-order valence-corrected chi connectivity index (χ0v) is 10.8. The number of hydrogen-bond donors (Lipinski definition) is 4. The van der Waals surface area contributed by atoms with E-state index < -0.39 is 0 Å². The number of anilines is 3. The molecule has 2 aromatic rings. The minimum absolute atomic E-state index is 0.0579. The molecule has 0 saturated heterocycles. The highest BCUT2D eigenvalue weighted by Crippen LogP contribution is 2.26. The van der Waals surface area contributed by atoms with Crippen LogP contribution >= 0.6 is 0 Å². The van der Waals surface area contributed by atoms with Crippen LogP contribution in [0, 0.1) is 0 Å². The SMILES string of the molecule is Nc1ccc(Cc2c(N)ccc(N)c2CCO)cc1. The van der Waals surface area contributed by atoms with Crippen LogP contribution in [0.4, 0.5) is 17.1 Å². The summed E-state index contributed by atoms with van der Waals surface area (Å²) in [6.07, 6.45) is 1.20. The Kier molecular flexibility index (Phi) is 3.92. The molecule has 2 rings (SSSR count). The number of aliphatic hydroxyl groups excluding tert-OH is 1. The predicted octanol–water partition coefficient (Wildman–Crippen LogP) is 1.56. The Bertz CT molecular complexity index is 564. The first-order valence-corrected chi connectivity index (χ1v) is 6.22. The molecule has 0 heterocycles. The highest BCUT2D eigenvalue weighted by Gasteiger charge is 2.10. The molecule has 0 atom stereocenters. The summed E-state index contributed by atoms with van der Waals surface area (Å²) in [5.41, 5.74) is 22.8. The van der Waals surface area contributed by atoms with Gasteiger partial charge in [0.15, 0.2) is 0 Å². The second-order valence-corrected chi connectivity index (χ2v) is 4.59. The van der Waals surface area contributed by atoms with E-state index in [0.29, 0.717) is 24.2 Å². The maximum Gasteiger partial charge on any atom is 0.0472 e. The van der Waals surface area contributed by atoms with Crippen LogP contribution in [0.1, 0.15) is 16.7 Å². The Labute approximate surface area is 112 Å². The van der Waals surface area contributed by atoms with Crippen molar-refractivity contribution in [1.82, 2.24) is 0 Å². The van der Waals surface area contributed by atoms with Crippen molar-refractivity contribution in [3.8, 4) is 0 Å². The van der Waals surface area contributed by atoms with Gasteiger partial charge >= 0.3 is 0 Å². The molecule has 100 valence electrons. The van der Waals surface area contributed by atoms with E-state index in [1.807, 2.05) is 30.3 Å². The third-order valence-corrected chi connectivity index (χ3v) is 3.23. The van der Waals surface area contributed by atoms with Crippen LogP contribution in [-0.2, 0) is 12.8 Å². The molecule has 0 unspecified atom stereocenters. The van der Waals surface area contributed by atoms with Crippen LogP contribution in [0.5, 0.6) is 0 Å². The average Bonchev–Trinajstić information content (AvgIpc) is 2.40. The Hall–Kier alpha value is -2.20. The summed E-state index contributed by atoms with van der Waals surface area (Å²) in [7, 11) is 0. The van der Waals surface area contributed by atoms with Crippen molar-refractivity contribution < 1.29 is 5.11 Å². The number of aliphatic hydroxyl groups is 1. The zero-order chi connectivity index (χ0) is 13.8. The Morgan fingerprint density at radius 3 is 1.95 bits per heavy atom. The van der Waals surface area contributed by atoms with E-state index in [2.05, 4.69) is 0 Å². The molecular weight excluding hydrogens is 238 g/mol. The van der Waals surface area contributed by atoms with E-state index in [1.165, 1.54) is 0 Å². The smallest absolute Gasteiger partial charge is 0.0472 e. The Morgan fingerprint density at radius 1 is 0.789 bits per heavy atom. The quantitative estimate of drug-likeness (QED) is 0.625. The van der Waals surface area contributed by atoms with Gasteiger partial charge in [0, 0.05) is 23.7 Å². The van der Waals surface area contributed by atoms with Crippen molar-refractivity contribution in [2.75, 3.05) is 23.8 Å². The highest BCUT2D eigenvalue weighted by molar-refractivity contribution is 5.63. The molecule has 0 fully saturated rings. The number of nitrogens with two attached hydrogens (primary N) is 3. The molecule has 4 heteroatoms. The molecule has 2 aromatic carbocycles. The lowest BCUT2D eigenvalue weighted by Gasteiger charge is -2.14. The Morgan fingerprint density at radius 2 is 1.37 bits per heavy atom. The van der Waals surface area contributed by atoms with Gasteiger partial charge in [0.05, 0.1) is 0 Å². The van der Waals surface area contributed by atoms with E-state index in [0.717, 1.165) is 22.4 Å². The van der Waals surface area contributed by atoms with Crippen LogP contribution < -0.4 is 17.2 Å². The van der Waals surface area contributed by atoms with Crippen LogP contribution in [0.2, 0.25) is 0 Å². The Balaban J connectivity index is 2.38. The monoisotopic (exact) mass is 257 g/mol. The number of benzene rings is 2. The predicted molar refractivity (Wildman–Crippen MR) is 79.7 cm³/mol. The van der Waals surface area contributed by atoms with Crippen molar-refractivity contribution in [2.45, 2.75) is 12.8 Å². The average molecular weight is 257 g/mol. The van der Waals surface area contributed by atoms with Gasteiger partial charge in [0.2, 0.25) is 0 Å². The van der Waals surface area contributed by atoms with E-state index in [-0.39, 0.29) is 6.61 Å². The first-order valence-electron chi connectivity index (χ1n) is 6.22. The summed E-state index contributed by atoms with van der Waals surface area (Å²) in [6.45, 7) is 0.0579. The fourth-order valence-corrected chi connectivity index (χ4v) is 2.18. The van der Waals surface area contributed by atoms with Gasteiger partial charge in [-0.05, 0) is 53.8 Å². The normalized spacial score (nSPS) is 10.6. The molecule has 0 saturated carbocycles. The van der Waals surface area contributed by atoms with Gasteiger partial charge in [-0.3, -0.25) is 0 Å². The minimum atomic E-state index is 0.0579. The largest absolute Gasteiger partial charge is 0.399 e. The van der Waals surface area contributed by atoms with Crippen molar-refractivity contribution in [1.29, 1.82) is 0 Å². The molecule has 0 radical (unpaired) electrons. The van der Waals surface area contributed by atoms with E-state index >= 15 is 0 Å². The zero-order valence-electron chi connectivity index (χ0n) is 10.8. The van der Waals surface area contributed by atoms with E-state index in [9.17, 15) is 0 Å². The lowest BCUT2D eigenvalue weighted by Crippen LogP contribution is -2.07. The topological polar surface area (TPSA) is 98.3 Å². The lowest BCUT2D eigenvalue weighted by molar-refractivity contribution is 0.299. The molecule has 0 aliphatic rings. The second-order valence-electron chi connectivity index (χ2n) is 4.59. The molecule has 0 spiro atoms. The molecule has 0 aliphatic carbocycles. The summed E-state index contributed by atoms with van der Waals surface area (Å²) < 4.78 is 0. The summed E-state index contributed by atoms with van der Waals surface area (Å²) in [4.78, 5) is 0. The molecule has 19 heavy (non-hydrogen) atoms. The first-order chi connectivity index (χ1) is 9.11. The van der Waals surface area contributed by atoms with E-state index in [4.69, 9.17) is 22.3 Å². The number of rotatable bonds is 4. The van der Waals surface area contributed by atoms with Gasteiger partial charge in [-0.15, -0.1) is 0 Å². The number of nitrogen functional groups attached to an aromatic ring is 3.